The fourth-order valence-corrected chi connectivity index (χ4v) is 3.08. The lowest BCUT2D eigenvalue weighted by Gasteiger charge is -2.08. The van der Waals surface area contributed by atoms with Crippen LogP contribution in [0.3, 0.4) is 0 Å². The summed E-state index contributed by atoms with van der Waals surface area (Å²) in [6.45, 7) is 2.11. The predicted octanol–water partition coefficient (Wildman–Crippen LogP) is 2.00. The number of fused-ring (bicyclic) bond motifs is 2. The fraction of sp³-hybridized carbons (Fsp3) is 0.100. The summed E-state index contributed by atoms with van der Waals surface area (Å²) in [5, 5.41) is 4.56. The van der Waals surface area contributed by atoms with Crippen LogP contribution < -0.4 is 20.5 Å². The molecule has 0 atom stereocenters. The molecule has 2 aromatic heterocycles. The molecule has 0 bridgehead atoms. The number of aromatic nitrogens is 4. The van der Waals surface area contributed by atoms with Gasteiger partial charge in [-0.25, -0.2) is 14.3 Å². The van der Waals surface area contributed by atoms with Crippen LogP contribution in [0.5, 0.6) is 11.5 Å². The maximum Gasteiger partial charge on any atom is 0.283 e. The second kappa shape index (κ2) is 6.48. The van der Waals surface area contributed by atoms with Crippen molar-refractivity contribution in [1.29, 1.82) is 0 Å². The number of benzene rings is 2. The van der Waals surface area contributed by atoms with Crippen molar-refractivity contribution in [3.05, 3.63) is 76.5 Å². The molecule has 1 N–H and O–H groups in total. The van der Waals surface area contributed by atoms with Gasteiger partial charge in [0.2, 0.25) is 6.79 Å². The number of amides is 1. The molecule has 0 unspecified atom stereocenters. The summed E-state index contributed by atoms with van der Waals surface area (Å²) < 4.78 is 13.1. The number of rotatable bonds is 3. The minimum absolute atomic E-state index is 0.116. The molecule has 0 radical (unpaired) electrons. The highest BCUT2D eigenvalue weighted by atomic mass is 16.7. The Hall–Kier alpha value is -4.14. The van der Waals surface area contributed by atoms with Gasteiger partial charge in [-0.05, 0) is 37.3 Å². The second-order valence-electron chi connectivity index (χ2n) is 6.56. The van der Waals surface area contributed by atoms with E-state index in [0.29, 0.717) is 28.1 Å². The third kappa shape index (κ3) is 2.89. The molecule has 2 aromatic carbocycles. The van der Waals surface area contributed by atoms with Crippen molar-refractivity contribution in [3.63, 3.8) is 0 Å². The third-order valence-corrected chi connectivity index (χ3v) is 4.62. The Labute approximate surface area is 164 Å². The van der Waals surface area contributed by atoms with E-state index in [2.05, 4.69) is 15.5 Å². The molecule has 4 aromatic rings. The van der Waals surface area contributed by atoms with Crippen LogP contribution in [0.25, 0.3) is 16.7 Å². The zero-order valence-electron chi connectivity index (χ0n) is 15.3. The molecule has 0 saturated heterocycles. The monoisotopic (exact) mass is 389 g/mol. The van der Waals surface area contributed by atoms with Gasteiger partial charge >= 0.3 is 0 Å². The Morgan fingerprint density at radius 1 is 1.10 bits per heavy atom. The molecule has 0 saturated carbocycles. The average molecular weight is 389 g/mol. The van der Waals surface area contributed by atoms with Crippen LogP contribution in [-0.4, -0.2) is 32.1 Å². The van der Waals surface area contributed by atoms with Gasteiger partial charge in [0.05, 0.1) is 11.9 Å². The van der Waals surface area contributed by atoms with E-state index >= 15 is 0 Å². The molecule has 3 heterocycles. The largest absolute Gasteiger partial charge is 0.454 e. The van der Waals surface area contributed by atoms with Gasteiger partial charge in [-0.2, -0.15) is 5.10 Å². The number of nitrogens with one attached hydrogen (secondary N) is 1. The van der Waals surface area contributed by atoms with Crippen LogP contribution in [0.4, 0.5) is 0 Å². The van der Waals surface area contributed by atoms with Crippen molar-refractivity contribution in [1.82, 2.24) is 19.4 Å². The minimum atomic E-state index is -0.475. The van der Waals surface area contributed by atoms with Crippen molar-refractivity contribution in [2.75, 3.05) is 12.2 Å². The molecule has 144 valence electrons. The Bertz CT molecular complexity index is 1310. The van der Waals surface area contributed by atoms with E-state index in [4.69, 9.17) is 9.47 Å². The molecule has 1 aliphatic rings. The molecular formula is C20H15N5O4. The third-order valence-electron chi connectivity index (χ3n) is 4.62. The Morgan fingerprint density at radius 2 is 1.90 bits per heavy atom. The van der Waals surface area contributed by atoms with Gasteiger partial charge in [0, 0.05) is 5.56 Å². The van der Waals surface area contributed by atoms with Crippen molar-refractivity contribution < 1.29 is 14.3 Å². The van der Waals surface area contributed by atoms with Gasteiger partial charge in [0.1, 0.15) is 11.7 Å². The molecule has 1 amide bonds. The number of carbonyl (C=O) groups is 1. The zero-order chi connectivity index (χ0) is 20.0. The maximum atomic E-state index is 12.8. The van der Waals surface area contributed by atoms with Gasteiger partial charge in [0.15, 0.2) is 17.1 Å². The van der Waals surface area contributed by atoms with Crippen molar-refractivity contribution in [2.24, 2.45) is 0 Å². The SMILES string of the molecule is Cc1ccc(-n2ncc3c(=O)n(NC(=O)c4ccc5c(c4)OCO5)cnc32)cc1. The number of hydrogen-bond donors (Lipinski definition) is 1. The molecule has 5 rings (SSSR count). The van der Waals surface area contributed by atoms with E-state index in [1.165, 1.54) is 12.5 Å². The molecule has 9 heteroatoms. The number of hydrogen-bond acceptors (Lipinski definition) is 6. The number of aryl methyl sites for hydroxylation is 1. The highest BCUT2D eigenvalue weighted by Gasteiger charge is 2.17. The molecule has 9 nitrogen and oxygen atoms in total. The normalized spacial score (nSPS) is 12.3. The lowest BCUT2D eigenvalue weighted by atomic mass is 10.2. The van der Waals surface area contributed by atoms with Crippen molar-refractivity contribution in [3.8, 4) is 17.2 Å². The number of ether oxygens (including phenoxy) is 2. The van der Waals surface area contributed by atoms with Gasteiger partial charge in [-0.3, -0.25) is 15.0 Å². The molecule has 29 heavy (non-hydrogen) atoms. The first-order chi connectivity index (χ1) is 14.1. The van der Waals surface area contributed by atoms with E-state index in [9.17, 15) is 9.59 Å². The van der Waals surface area contributed by atoms with Gasteiger partial charge in [-0.15, -0.1) is 0 Å². The fourth-order valence-electron chi connectivity index (χ4n) is 3.08. The molecule has 0 fully saturated rings. The van der Waals surface area contributed by atoms with Crippen LogP contribution in [0.15, 0.2) is 59.8 Å². The first kappa shape index (κ1) is 17.0. The Morgan fingerprint density at radius 3 is 2.72 bits per heavy atom. The Balaban J connectivity index is 1.47. The number of carbonyl (C=O) groups excluding carboxylic acids is 1. The summed E-state index contributed by atoms with van der Waals surface area (Å²) in [7, 11) is 0. The summed E-state index contributed by atoms with van der Waals surface area (Å²) in [6.07, 6.45) is 2.70. The quantitative estimate of drug-likeness (QED) is 0.575. The van der Waals surface area contributed by atoms with E-state index in [1.807, 2.05) is 31.2 Å². The molecule has 0 spiro atoms. The highest BCUT2D eigenvalue weighted by Crippen LogP contribution is 2.32. The van der Waals surface area contributed by atoms with E-state index < -0.39 is 11.5 Å². The van der Waals surface area contributed by atoms with Crippen LogP contribution >= 0.6 is 0 Å². The van der Waals surface area contributed by atoms with Crippen LogP contribution in [0.2, 0.25) is 0 Å². The smallest absolute Gasteiger partial charge is 0.283 e. The maximum absolute atomic E-state index is 12.8. The summed E-state index contributed by atoms with van der Waals surface area (Å²) in [4.78, 5) is 29.6. The predicted molar refractivity (Wildman–Crippen MR) is 104 cm³/mol. The first-order valence-electron chi connectivity index (χ1n) is 8.83. The zero-order valence-corrected chi connectivity index (χ0v) is 15.3. The summed E-state index contributed by atoms with van der Waals surface area (Å²) in [6, 6.07) is 12.5. The van der Waals surface area contributed by atoms with E-state index in [-0.39, 0.29) is 6.79 Å². The van der Waals surface area contributed by atoms with Crippen molar-refractivity contribution in [2.45, 2.75) is 6.92 Å². The Kier molecular flexibility index (Phi) is 3.80. The van der Waals surface area contributed by atoms with E-state index in [0.717, 1.165) is 15.9 Å². The summed E-state index contributed by atoms with van der Waals surface area (Å²) >= 11 is 0. The van der Waals surface area contributed by atoms with Gasteiger partial charge in [0.25, 0.3) is 11.5 Å². The van der Waals surface area contributed by atoms with Gasteiger partial charge < -0.3 is 9.47 Å². The standard InChI is InChI=1S/C20H15N5O4/c1-12-2-5-14(6-3-12)25-18-15(9-22-25)20(27)24(10-21-18)23-19(26)13-4-7-16-17(8-13)29-11-28-16/h2-10H,11H2,1H3,(H,23,26). The van der Waals surface area contributed by atoms with Crippen LogP contribution in [0, 0.1) is 6.92 Å². The minimum Gasteiger partial charge on any atom is -0.454 e. The molecule has 0 aliphatic carbocycles. The summed E-state index contributed by atoms with van der Waals surface area (Å²) in [5.41, 5.74) is 4.76. The number of nitrogens with zero attached hydrogens (tertiary/aromatic N) is 4. The van der Waals surface area contributed by atoms with Crippen molar-refractivity contribution >= 4 is 16.9 Å². The topological polar surface area (TPSA) is 100 Å². The lowest BCUT2D eigenvalue weighted by Crippen LogP contribution is -2.33. The first-order valence-corrected chi connectivity index (χ1v) is 8.83. The summed E-state index contributed by atoms with van der Waals surface area (Å²) in [5.74, 6) is 0.584. The second-order valence-corrected chi connectivity index (χ2v) is 6.56. The van der Waals surface area contributed by atoms with Gasteiger partial charge in [-0.1, -0.05) is 17.7 Å². The highest BCUT2D eigenvalue weighted by molar-refractivity contribution is 6.00. The molecular weight excluding hydrogens is 374 g/mol. The van der Waals surface area contributed by atoms with Crippen LogP contribution in [-0.2, 0) is 0 Å². The van der Waals surface area contributed by atoms with E-state index in [1.54, 1.807) is 22.9 Å². The van der Waals surface area contributed by atoms with Crippen LogP contribution in [0.1, 0.15) is 15.9 Å². The lowest BCUT2D eigenvalue weighted by molar-refractivity contribution is 0.101. The molecule has 1 aliphatic heterocycles. The average Bonchev–Trinajstić information content (AvgIpc) is 3.37.